The molecule has 0 saturated heterocycles. The van der Waals surface area contributed by atoms with Crippen molar-refractivity contribution in [1.82, 2.24) is 14.9 Å². The fourth-order valence-electron chi connectivity index (χ4n) is 2.74. The van der Waals surface area contributed by atoms with Gasteiger partial charge < -0.3 is 15.0 Å². The van der Waals surface area contributed by atoms with Crippen molar-refractivity contribution in [2.45, 2.75) is 12.8 Å². The minimum atomic E-state index is -0.228. The predicted molar refractivity (Wildman–Crippen MR) is 102 cm³/mol. The summed E-state index contributed by atoms with van der Waals surface area (Å²) in [5, 5.41) is 12.0. The molecule has 27 heavy (non-hydrogen) atoms. The molecule has 0 fully saturated rings. The number of nitriles is 1. The van der Waals surface area contributed by atoms with E-state index in [1.54, 1.807) is 17.2 Å². The van der Waals surface area contributed by atoms with Crippen LogP contribution in [0.25, 0.3) is 5.57 Å². The quantitative estimate of drug-likeness (QED) is 0.798. The summed E-state index contributed by atoms with van der Waals surface area (Å²) in [5.74, 6) is 0.584. The Hall–Kier alpha value is -3.11. The number of anilines is 1. The van der Waals surface area contributed by atoms with Gasteiger partial charge in [0, 0.05) is 31.0 Å². The van der Waals surface area contributed by atoms with E-state index in [0.29, 0.717) is 35.4 Å². The molecule has 0 spiro atoms. The molecule has 1 amide bonds. The third-order valence-corrected chi connectivity index (χ3v) is 4.48. The second kappa shape index (κ2) is 8.52. The maximum absolute atomic E-state index is 12.2. The Labute approximate surface area is 162 Å². The van der Waals surface area contributed by atoms with Crippen LogP contribution in [0, 0.1) is 11.5 Å². The molecule has 3 rings (SSSR count). The molecule has 0 bridgehead atoms. The summed E-state index contributed by atoms with van der Waals surface area (Å²) in [6, 6.07) is 5.35. The number of methoxy groups -OCH3 is 1. The molecule has 2 aromatic heterocycles. The highest BCUT2D eigenvalue weighted by Gasteiger charge is 2.13. The average molecular weight is 384 g/mol. The van der Waals surface area contributed by atoms with Crippen molar-refractivity contribution in [2.24, 2.45) is 0 Å². The Balaban J connectivity index is 1.60. The summed E-state index contributed by atoms with van der Waals surface area (Å²) in [7, 11) is 1.50. The Morgan fingerprint density at radius 3 is 2.89 bits per heavy atom. The number of rotatable bonds is 5. The van der Waals surface area contributed by atoms with Gasteiger partial charge in [-0.15, -0.1) is 0 Å². The van der Waals surface area contributed by atoms with Crippen LogP contribution >= 0.6 is 11.6 Å². The summed E-state index contributed by atoms with van der Waals surface area (Å²) in [4.78, 5) is 22.3. The van der Waals surface area contributed by atoms with Crippen LogP contribution in [0.4, 0.5) is 5.82 Å². The molecule has 1 N–H and O–H groups in total. The van der Waals surface area contributed by atoms with Gasteiger partial charge in [0.15, 0.2) is 6.19 Å². The summed E-state index contributed by atoms with van der Waals surface area (Å²) in [6.45, 7) is 1.33. The first-order chi connectivity index (χ1) is 13.1. The van der Waals surface area contributed by atoms with Crippen molar-refractivity contribution >= 4 is 28.9 Å². The van der Waals surface area contributed by atoms with E-state index in [-0.39, 0.29) is 12.3 Å². The van der Waals surface area contributed by atoms with Gasteiger partial charge in [-0.05, 0) is 23.6 Å². The van der Waals surface area contributed by atoms with E-state index in [1.165, 1.54) is 18.9 Å². The molecular weight excluding hydrogens is 366 g/mol. The SMILES string of the molecule is COc1cc(NC(=O)Cc2ccc(C3=CCN(C#N)CC3)cn2)ncc1Cl. The van der Waals surface area contributed by atoms with Gasteiger partial charge in [-0.25, -0.2) is 4.98 Å². The van der Waals surface area contributed by atoms with Gasteiger partial charge in [0.25, 0.3) is 0 Å². The van der Waals surface area contributed by atoms with Gasteiger partial charge in [-0.1, -0.05) is 23.7 Å². The Kier molecular flexibility index (Phi) is 5.89. The first kappa shape index (κ1) is 18.7. The summed E-state index contributed by atoms with van der Waals surface area (Å²) >= 11 is 5.92. The summed E-state index contributed by atoms with van der Waals surface area (Å²) in [5.41, 5.74) is 2.84. The lowest BCUT2D eigenvalue weighted by Gasteiger charge is -2.21. The van der Waals surface area contributed by atoms with Gasteiger partial charge >= 0.3 is 0 Å². The number of aromatic nitrogens is 2. The van der Waals surface area contributed by atoms with E-state index in [9.17, 15) is 4.79 Å². The first-order valence-electron chi connectivity index (χ1n) is 8.37. The van der Waals surface area contributed by atoms with Crippen LogP contribution in [0.1, 0.15) is 17.7 Å². The zero-order valence-electron chi connectivity index (χ0n) is 14.8. The normalized spacial score (nSPS) is 13.5. The Bertz CT molecular complexity index is 905. The van der Waals surface area contributed by atoms with Gasteiger partial charge in [0.1, 0.15) is 16.6 Å². The highest BCUT2D eigenvalue weighted by atomic mass is 35.5. The molecule has 1 aliphatic rings. The molecule has 2 aromatic rings. The van der Waals surface area contributed by atoms with Crippen LogP contribution < -0.4 is 10.1 Å². The molecule has 0 atom stereocenters. The van der Waals surface area contributed by atoms with E-state index >= 15 is 0 Å². The minimum Gasteiger partial charge on any atom is -0.495 e. The van der Waals surface area contributed by atoms with Crippen LogP contribution in [-0.2, 0) is 11.2 Å². The maximum Gasteiger partial charge on any atom is 0.231 e. The topological polar surface area (TPSA) is 91.1 Å². The lowest BCUT2D eigenvalue weighted by Crippen LogP contribution is -2.23. The molecule has 0 saturated carbocycles. The van der Waals surface area contributed by atoms with Crippen LogP contribution in [-0.4, -0.2) is 41.0 Å². The second-order valence-corrected chi connectivity index (χ2v) is 6.40. The second-order valence-electron chi connectivity index (χ2n) is 5.99. The van der Waals surface area contributed by atoms with Crippen molar-refractivity contribution in [1.29, 1.82) is 5.26 Å². The molecule has 1 aliphatic heterocycles. The van der Waals surface area contributed by atoms with Gasteiger partial charge in [0.05, 0.1) is 19.7 Å². The number of amides is 1. The van der Waals surface area contributed by atoms with Crippen LogP contribution in [0.2, 0.25) is 5.02 Å². The molecule has 0 aliphatic carbocycles. The van der Waals surface area contributed by atoms with E-state index < -0.39 is 0 Å². The Morgan fingerprint density at radius 1 is 1.41 bits per heavy atom. The molecule has 138 valence electrons. The van der Waals surface area contributed by atoms with E-state index in [1.807, 2.05) is 18.2 Å². The van der Waals surface area contributed by atoms with Crippen LogP contribution in [0.15, 0.2) is 36.7 Å². The fourth-order valence-corrected chi connectivity index (χ4v) is 2.92. The third kappa shape index (κ3) is 4.74. The van der Waals surface area contributed by atoms with E-state index in [0.717, 1.165) is 12.0 Å². The average Bonchev–Trinajstić information content (AvgIpc) is 2.70. The largest absolute Gasteiger partial charge is 0.495 e. The van der Waals surface area contributed by atoms with E-state index in [2.05, 4.69) is 21.5 Å². The highest BCUT2D eigenvalue weighted by Crippen LogP contribution is 2.25. The van der Waals surface area contributed by atoms with Crippen molar-refractivity contribution in [2.75, 3.05) is 25.5 Å². The predicted octanol–water partition coefficient (Wildman–Crippen LogP) is 2.89. The zero-order chi connectivity index (χ0) is 19.2. The summed E-state index contributed by atoms with van der Waals surface area (Å²) < 4.78 is 5.11. The number of nitrogens with zero attached hydrogens (tertiary/aromatic N) is 4. The lowest BCUT2D eigenvalue weighted by atomic mass is 10.0. The standard InChI is InChI=1S/C19H18ClN5O2/c1-27-17-9-18(23-11-16(17)20)24-19(26)8-15-3-2-14(10-22-15)13-4-6-25(12-21)7-5-13/h2-4,9-11H,5-8H2,1H3,(H,23,24,26). The molecular formula is C19H18ClN5O2. The number of pyridine rings is 2. The summed E-state index contributed by atoms with van der Waals surface area (Å²) in [6.07, 6.45) is 8.31. The van der Waals surface area contributed by atoms with Crippen molar-refractivity contribution in [3.63, 3.8) is 0 Å². The number of carbonyl (C=O) groups excluding carboxylic acids is 1. The van der Waals surface area contributed by atoms with E-state index in [4.69, 9.17) is 21.6 Å². The smallest absolute Gasteiger partial charge is 0.231 e. The molecule has 0 unspecified atom stereocenters. The van der Waals surface area contributed by atoms with Gasteiger partial charge in [0.2, 0.25) is 5.91 Å². The zero-order valence-corrected chi connectivity index (χ0v) is 15.5. The molecule has 8 heteroatoms. The van der Waals surface area contributed by atoms with Gasteiger partial charge in [-0.3, -0.25) is 9.78 Å². The van der Waals surface area contributed by atoms with Crippen LogP contribution in [0.5, 0.6) is 5.75 Å². The number of nitrogens with one attached hydrogen (secondary N) is 1. The van der Waals surface area contributed by atoms with Crippen molar-refractivity contribution in [3.05, 3.63) is 52.9 Å². The number of carbonyl (C=O) groups is 1. The number of hydrogen-bond acceptors (Lipinski definition) is 6. The minimum absolute atomic E-state index is 0.133. The van der Waals surface area contributed by atoms with Crippen molar-refractivity contribution < 1.29 is 9.53 Å². The maximum atomic E-state index is 12.2. The fraction of sp³-hybridized carbons (Fsp3) is 0.263. The van der Waals surface area contributed by atoms with Crippen LogP contribution in [0.3, 0.4) is 0 Å². The number of hydrogen-bond donors (Lipinski definition) is 1. The number of ether oxygens (including phenoxy) is 1. The van der Waals surface area contributed by atoms with Crippen molar-refractivity contribution in [3.8, 4) is 11.9 Å². The third-order valence-electron chi connectivity index (χ3n) is 4.20. The van der Waals surface area contributed by atoms with Gasteiger partial charge in [-0.2, -0.15) is 5.26 Å². The monoisotopic (exact) mass is 383 g/mol. The Morgan fingerprint density at radius 2 is 2.26 bits per heavy atom. The molecule has 7 nitrogen and oxygen atoms in total. The molecule has 0 aromatic carbocycles. The first-order valence-corrected chi connectivity index (χ1v) is 8.75. The highest BCUT2D eigenvalue weighted by molar-refractivity contribution is 6.32. The lowest BCUT2D eigenvalue weighted by molar-refractivity contribution is -0.115. The molecule has 3 heterocycles. The molecule has 0 radical (unpaired) electrons. The number of halogens is 1.